The molecule has 5 aliphatic rings. The summed E-state index contributed by atoms with van der Waals surface area (Å²) >= 11 is 0. The summed E-state index contributed by atoms with van der Waals surface area (Å²) in [5.41, 5.74) is 16.9. The molecule has 2 aromatic carbocycles. The van der Waals surface area contributed by atoms with Crippen molar-refractivity contribution in [3.8, 4) is 5.69 Å². The van der Waals surface area contributed by atoms with Crippen LogP contribution in [-0.2, 0) is 18.3 Å². The summed E-state index contributed by atoms with van der Waals surface area (Å²) in [5.74, 6) is 0.452. The van der Waals surface area contributed by atoms with E-state index in [0.717, 1.165) is 50.2 Å². The van der Waals surface area contributed by atoms with Gasteiger partial charge in [0, 0.05) is 44.9 Å². The van der Waals surface area contributed by atoms with Crippen molar-refractivity contribution in [2.45, 2.75) is 130 Å². The zero-order chi connectivity index (χ0) is 42.7. The molecule has 2 nitrogen and oxygen atoms in total. The second-order valence-electron chi connectivity index (χ2n) is 19.6. The summed E-state index contributed by atoms with van der Waals surface area (Å²) < 4.78 is 2.45. The van der Waals surface area contributed by atoms with Crippen molar-refractivity contribution in [1.82, 2.24) is 9.47 Å². The van der Waals surface area contributed by atoms with Crippen molar-refractivity contribution in [1.29, 1.82) is 0 Å². The van der Waals surface area contributed by atoms with Crippen molar-refractivity contribution < 1.29 is 0 Å². The lowest BCUT2D eigenvalue weighted by Crippen LogP contribution is -2.34. The molecular formula is C59H68N2. The van der Waals surface area contributed by atoms with Gasteiger partial charge in [0.2, 0.25) is 0 Å². The van der Waals surface area contributed by atoms with Crippen LogP contribution < -0.4 is 10.6 Å². The number of hydrogen-bond donors (Lipinski definition) is 0. The molecule has 8 rings (SSSR count). The van der Waals surface area contributed by atoms with Gasteiger partial charge < -0.3 is 9.47 Å². The van der Waals surface area contributed by atoms with E-state index in [2.05, 4.69) is 198 Å². The van der Waals surface area contributed by atoms with Gasteiger partial charge in [0.25, 0.3) is 0 Å². The van der Waals surface area contributed by atoms with E-state index in [1.54, 1.807) is 0 Å². The molecule has 2 atom stereocenters. The molecule has 1 heterocycles. The number of benzene rings is 2. The first-order valence-corrected chi connectivity index (χ1v) is 23.2. The van der Waals surface area contributed by atoms with Crippen LogP contribution in [0, 0.1) is 5.41 Å². The summed E-state index contributed by atoms with van der Waals surface area (Å²) in [4.78, 5) is 2.58. The van der Waals surface area contributed by atoms with Crippen molar-refractivity contribution in [2.24, 2.45) is 5.41 Å². The van der Waals surface area contributed by atoms with Gasteiger partial charge in [-0.3, -0.25) is 0 Å². The number of aromatic nitrogens is 1. The van der Waals surface area contributed by atoms with Crippen LogP contribution in [0.3, 0.4) is 0 Å². The van der Waals surface area contributed by atoms with Crippen molar-refractivity contribution in [3.63, 3.8) is 0 Å². The highest BCUT2D eigenvalue weighted by Gasteiger charge is 2.42. The van der Waals surface area contributed by atoms with Gasteiger partial charge in [-0.2, -0.15) is 0 Å². The fourth-order valence-corrected chi connectivity index (χ4v) is 10.6. The van der Waals surface area contributed by atoms with E-state index in [9.17, 15) is 0 Å². The fraction of sp³-hybridized carbons (Fsp3) is 0.356. The monoisotopic (exact) mass is 805 g/mol. The topological polar surface area (TPSA) is 8.17 Å². The standard InChI is InChI=1S/C59H68N2/c1-9-11-26-56-42(3)53-39-43(29-38-57(53)61(56)49-32-27-44(28-33-49)41-58(4,5)6)20-14-12-17-23-47(10-2)60(48-34-30-46(31-35-48)45-21-15-13-16-22-45)50-36-37-52-51-24-18-19-25-54(51)59(7,8)55(52)40-50/h9-12,14,18-19,21,23-28,30-34,36,39-40,48,52H,2-3,13,15-17,20,22,29,35,37-38,41H2,1,4-8H3/b11-9-,14-12+,47-23+,56-26+. The lowest BCUT2D eigenvalue weighted by Gasteiger charge is -2.38. The lowest BCUT2D eigenvalue weighted by molar-refractivity contribution is 0.375. The molecule has 0 amide bonds. The van der Waals surface area contributed by atoms with Crippen LogP contribution in [0.1, 0.15) is 133 Å². The maximum atomic E-state index is 4.64. The summed E-state index contributed by atoms with van der Waals surface area (Å²) in [5, 5.41) is 2.29. The van der Waals surface area contributed by atoms with Crippen LogP contribution >= 0.6 is 0 Å². The third-order valence-electron chi connectivity index (χ3n) is 13.7. The Balaban J connectivity index is 1.03. The van der Waals surface area contributed by atoms with Crippen LogP contribution in [0.4, 0.5) is 0 Å². The molecule has 2 unspecified atom stereocenters. The first-order chi connectivity index (χ1) is 29.5. The molecule has 0 bridgehead atoms. The van der Waals surface area contributed by atoms with Crippen LogP contribution in [-0.4, -0.2) is 15.5 Å². The third kappa shape index (κ3) is 8.88. The maximum absolute atomic E-state index is 4.64. The van der Waals surface area contributed by atoms with Crippen molar-refractivity contribution in [3.05, 3.63) is 200 Å². The first kappa shape index (κ1) is 42.4. The Morgan fingerprint density at radius 2 is 1.75 bits per heavy atom. The summed E-state index contributed by atoms with van der Waals surface area (Å²) in [6, 6.07) is 18.5. The Hall–Kier alpha value is -5.34. The van der Waals surface area contributed by atoms with Gasteiger partial charge in [0.1, 0.15) is 0 Å². The number of rotatable bonds is 12. The van der Waals surface area contributed by atoms with E-state index in [1.165, 1.54) is 98.4 Å². The molecule has 0 spiro atoms. The van der Waals surface area contributed by atoms with E-state index in [-0.39, 0.29) is 16.9 Å². The molecule has 2 heteroatoms. The van der Waals surface area contributed by atoms with Gasteiger partial charge in [-0.15, -0.1) is 0 Å². The average molecular weight is 805 g/mol. The second kappa shape index (κ2) is 17.9. The molecule has 0 saturated heterocycles. The minimum atomic E-state index is 0.00582. The normalized spacial score (nSPS) is 21.4. The molecular weight excluding hydrogens is 737 g/mol. The molecule has 5 aliphatic carbocycles. The smallest absolute Gasteiger partial charge is 0.0560 e. The highest BCUT2D eigenvalue weighted by molar-refractivity contribution is 5.63. The molecule has 0 N–H and O–H groups in total. The van der Waals surface area contributed by atoms with Gasteiger partial charge >= 0.3 is 0 Å². The lowest BCUT2D eigenvalue weighted by atomic mass is 9.78. The Labute approximate surface area is 367 Å². The van der Waals surface area contributed by atoms with E-state index < -0.39 is 0 Å². The Morgan fingerprint density at radius 1 is 0.934 bits per heavy atom. The zero-order valence-corrected chi connectivity index (χ0v) is 37.9. The predicted octanol–water partition coefficient (Wildman–Crippen LogP) is 13.9. The summed E-state index contributed by atoms with van der Waals surface area (Å²) in [6.45, 7) is 22.9. The molecule has 1 aromatic heterocycles. The molecule has 314 valence electrons. The van der Waals surface area contributed by atoms with Gasteiger partial charge in [0.15, 0.2) is 0 Å². The third-order valence-corrected chi connectivity index (χ3v) is 13.7. The van der Waals surface area contributed by atoms with Crippen LogP contribution in [0.2, 0.25) is 0 Å². The largest absolute Gasteiger partial charge is 0.335 e. The minimum Gasteiger partial charge on any atom is -0.335 e. The van der Waals surface area contributed by atoms with Gasteiger partial charge in [0.05, 0.1) is 11.4 Å². The summed E-state index contributed by atoms with van der Waals surface area (Å²) in [7, 11) is 0. The molecule has 0 fully saturated rings. The minimum absolute atomic E-state index is 0.00582. The van der Waals surface area contributed by atoms with E-state index in [1.807, 2.05) is 0 Å². The molecule has 61 heavy (non-hydrogen) atoms. The van der Waals surface area contributed by atoms with Gasteiger partial charge in [-0.05, 0) is 141 Å². The van der Waals surface area contributed by atoms with Crippen molar-refractivity contribution in [2.75, 3.05) is 0 Å². The second-order valence-corrected chi connectivity index (χ2v) is 19.6. The Kier molecular flexibility index (Phi) is 12.5. The quantitative estimate of drug-likeness (QED) is 0.131. The number of nitrogens with zero attached hydrogens (tertiary/aromatic N) is 2. The molecule has 0 radical (unpaired) electrons. The highest BCUT2D eigenvalue weighted by atomic mass is 15.2. The van der Waals surface area contributed by atoms with Crippen LogP contribution in [0.15, 0.2) is 162 Å². The van der Waals surface area contributed by atoms with Crippen LogP contribution in [0.5, 0.6) is 0 Å². The van der Waals surface area contributed by atoms with Gasteiger partial charge in [-0.25, -0.2) is 0 Å². The molecule has 0 saturated carbocycles. The van der Waals surface area contributed by atoms with E-state index in [4.69, 9.17) is 0 Å². The number of hydrogen-bond acceptors (Lipinski definition) is 1. The van der Waals surface area contributed by atoms with E-state index >= 15 is 0 Å². The predicted molar refractivity (Wildman–Crippen MR) is 263 cm³/mol. The SMILES string of the molecule is C=C/C(=C\C/C=C/CC1=Cc2c(n(-c3ccc(CC(C)(C)C)cc3)/c(=C/C=C\C)c2=C)CC1)N(C1=CCC2C(=C1)C(C)(C)c1ccccc12)C1C=CC(C2=CCCCC2)=CC1. The molecule has 0 aliphatic heterocycles. The maximum Gasteiger partial charge on any atom is 0.0560 e. The number of allylic oxidation sites excluding steroid dienone is 14. The Morgan fingerprint density at radius 3 is 2.48 bits per heavy atom. The first-order valence-electron chi connectivity index (χ1n) is 23.2. The highest BCUT2D eigenvalue weighted by Crippen LogP contribution is 2.54. The summed E-state index contributed by atoms with van der Waals surface area (Å²) in [6.07, 6.45) is 44.9. The van der Waals surface area contributed by atoms with E-state index in [0.29, 0.717) is 5.92 Å². The fourth-order valence-electron chi connectivity index (χ4n) is 10.6. The Bertz CT molecular complexity index is 2550. The van der Waals surface area contributed by atoms with Crippen molar-refractivity contribution >= 4 is 18.7 Å². The molecule has 3 aromatic rings. The number of fused-ring (bicyclic) bond motifs is 4. The van der Waals surface area contributed by atoms with Crippen LogP contribution in [0.25, 0.3) is 24.4 Å². The van der Waals surface area contributed by atoms with Gasteiger partial charge in [-0.1, -0.05) is 162 Å². The zero-order valence-electron chi connectivity index (χ0n) is 37.9. The average Bonchev–Trinajstić information content (AvgIpc) is 3.67.